The normalized spacial score (nSPS) is 19.2. The number of aromatic nitrogens is 2. The highest BCUT2D eigenvalue weighted by molar-refractivity contribution is 7.92. The van der Waals surface area contributed by atoms with Crippen LogP contribution in [0.1, 0.15) is 75.3 Å². The topological polar surface area (TPSA) is 90.4 Å². The molecule has 6 bridgehead atoms. The van der Waals surface area contributed by atoms with E-state index in [1.165, 1.54) is 5.56 Å². The fourth-order valence-corrected chi connectivity index (χ4v) is 6.83. The minimum absolute atomic E-state index is 0.000349. The Labute approximate surface area is 242 Å². The van der Waals surface area contributed by atoms with Gasteiger partial charge in [-0.05, 0) is 79.0 Å². The molecule has 1 aliphatic carbocycles. The van der Waals surface area contributed by atoms with Gasteiger partial charge >= 0.3 is 0 Å². The van der Waals surface area contributed by atoms with Crippen LogP contribution < -0.4 is 14.2 Å². The first-order chi connectivity index (χ1) is 19.5. The van der Waals surface area contributed by atoms with E-state index >= 15 is 0 Å². The summed E-state index contributed by atoms with van der Waals surface area (Å²) in [5.74, 6) is 1.13. The average molecular weight is 570 g/mol. The lowest BCUT2D eigenvalue weighted by Crippen LogP contribution is -2.26. The lowest BCUT2D eigenvalue weighted by atomic mass is 9.78. The first-order valence-electron chi connectivity index (χ1n) is 14.0. The van der Waals surface area contributed by atoms with Crippen LogP contribution in [0.2, 0.25) is 0 Å². The smallest absolute Gasteiger partial charge is 0.264 e. The van der Waals surface area contributed by atoms with Gasteiger partial charge in [0.2, 0.25) is 11.8 Å². The van der Waals surface area contributed by atoms with E-state index in [2.05, 4.69) is 37.6 Å². The molecule has 6 rings (SSSR count). The standard InChI is InChI=1S/C33H35N3O4S/c1-20(2)39-25-13-8-12-23(17-25)30-29(33(3,4)5)31-35-32(34-30)36-41(37,38)26-14-9-11-21(18-26)24-16-22-10-6-7-15-27(22)28(19-24)40-31/h6-15,17-18,20,24,28H,16,19H2,1-5H3,(H,34,35,36). The highest BCUT2D eigenvalue weighted by Gasteiger charge is 2.35. The molecule has 0 spiro atoms. The van der Waals surface area contributed by atoms with Crippen molar-refractivity contribution in [3.05, 3.63) is 95.1 Å². The van der Waals surface area contributed by atoms with Gasteiger partial charge in [0.25, 0.3) is 10.0 Å². The molecule has 0 saturated heterocycles. The predicted octanol–water partition coefficient (Wildman–Crippen LogP) is 7.19. The van der Waals surface area contributed by atoms with Crippen molar-refractivity contribution in [3.63, 3.8) is 0 Å². The SMILES string of the molecule is CC(C)Oc1cccc(-c2nc3nc(c2C(C)(C)C)OC2CC(Cc4ccccc42)c2cccc(c2)S(=O)(=O)N3)c1. The summed E-state index contributed by atoms with van der Waals surface area (Å²) >= 11 is 0. The monoisotopic (exact) mass is 569 g/mol. The summed E-state index contributed by atoms with van der Waals surface area (Å²) in [4.78, 5) is 9.73. The molecule has 0 fully saturated rings. The van der Waals surface area contributed by atoms with Crippen molar-refractivity contribution in [2.24, 2.45) is 0 Å². The summed E-state index contributed by atoms with van der Waals surface area (Å²) in [6.07, 6.45) is 1.24. The summed E-state index contributed by atoms with van der Waals surface area (Å²) in [6, 6.07) is 23.2. The van der Waals surface area contributed by atoms with Gasteiger partial charge in [-0.2, -0.15) is 4.98 Å². The van der Waals surface area contributed by atoms with Crippen molar-refractivity contribution in [1.82, 2.24) is 9.97 Å². The van der Waals surface area contributed by atoms with Crippen LogP contribution in [0.3, 0.4) is 0 Å². The Morgan fingerprint density at radius 1 is 0.976 bits per heavy atom. The van der Waals surface area contributed by atoms with Crippen molar-refractivity contribution in [2.75, 3.05) is 4.72 Å². The molecule has 2 aliphatic rings. The van der Waals surface area contributed by atoms with Crippen LogP contribution in [-0.4, -0.2) is 24.5 Å². The molecular formula is C33H35N3O4S. The van der Waals surface area contributed by atoms with E-state index in [0.29, 0.717) is 23.7 Å². The summed E-state index contributed by atoms with van der Waals surface area (Å²) in [5, 5.41) is 0. The van der Waals surface area contributed by atoms with E-state index in [4.69, 9.17) is 19.4 Å². The van der Waals surface area contributed by atoms with Gasteiger partial charge in [-0.25, -0.2) is 18.1 Å². The van der Waals surface area contributed by atoms with E-state index in [0.717, 1.165) is 28.7 Å². The molecule has 0 saturated carbocycles. The number of anilines is 1. The Morgan fingerprint density at radius 3 is 2.54 bits per heavy atom. The number of benzene rings is 3. The van der Waals surface area contributed by atoms with Gasteiger partial charge in [0.1, 0.15) is 11.9 Å². The maximum Gasteiger partial charge on any atom is 0.264 e. The van der Waals surface area contributed by atoms with Crippen molar-refractivity contribution < 1.29 is 17.9 Å². The van der Waals surface area contributed by atoms with Crippen LogP contribution in [0, 0.1) is 0 Å². The Hall–Kier alpha value is -3.91. The van der Waals surface area contributed by atoms with Crippen molar-refractivity contribution in [1.29, 1.82) is 0 Å². The van der Waals surface area contributed by atoms with E-state index in [9.17, 15) is 8.42 Å². The predicted molar refractivity (Wildman–Crippen MR) is 160 cm³/mol. The second-order valence-corrected chi connectivity index (χ2v) is 13.8. The molecule has 2 atom stereocenters. The van der Waals surface area contributed by atoms with Crippen LogP contribution >= 0.6 is 0 Å². The highest BCUT2D eigenvalue weighted by Crippen LogP contribution is 2.45. The number of nitrogens with zero attached hydrogens (tertiary/aromatic N) is 2. The number of sulfonamides is 1. The maximum atomic E-state index is 13.6. The number of fused-ring (bicyclic) bond motifs is 9. The molecule has 212 valence electrons. The molecule has 0 amide bonds. The number of ether oxygens (including phenoxy) is 2. The Bertz CT molecular complexity index is 1730. The third kappa shape index (κ3) is 5.40. The lowest BCUT2D eigenvalue weighted by Gasteiger charge is -2.34. The van der Waals surface area contributed by atoms with Crippen LogP contribution in [0.15, 0.2) is 77.7 Å². The van der Waals surface area contributed by atoms with E-state index < -0.39 is 15.4 Å². The molecule has 3 aromatic carbocycles. The average Bonchev–Trinajstić information content (AvgIpc) is 2.91. The lowest BCUT2D eigenvalue weighted by molar-refractivity contribution is 0.163. The summed E-state index contributed by atoms with van der Waals surface area (Å²) in [7, 11) is -3.96. The third-order valence-electron chi connectivity index (χ3n) is 7.59. The number of rotatable bonds is 3. The maximum absolute atomic E-state index is 13.6. The summed E-state index contributed by atoms with van der Waals surface area (Å²) < 4.78 is 42.7. The summed E-state index contributed by atoms with van der Waals surface area (Å²) in [6.45, 7) is 10.2. The van der Waals surface area contributed by atoms with Gasteiger partial charge in [0, 0.05) is 11.1 Å². The van der Waals surface area contributed by atoms with Gasteiger partial charge in [-0.1, -0.05) is 69.3 Å². The van der Waals surface area contributed by atoms with Crippen molar-refractivity contribution in [3.8, 4) is 22.9 Å². The van der Waals surface area contributed by atoms with Crippen LogP contribution in [0.4, 0.5) is 5.95 Å². The molecule has 7 nitrogen and oxygen atoms in total. The molecule has 2 unspecified atom stereocenters. The zero-order chi connectivity index (χ0) is 28.9. The summed E-state index contributed by atoms with van der Waals surface area (Å²) in [5.41, 5.74) is 5.06. The molecular weight excluding hydrogens is 534 g/mol. The van der Waals surface area contributed by atoms with Crippen LogP contribution in [0.5, 0.6) is 11.6 Å². The second kappa shape index (κ2) is 10.2. The Morgan fingerprint density at radius 2 is 1.76 bits per heavy atom. The zero-order valence-corrected chi connectivity index (χ0v) is 24.8. The molecule has 0 radical (unpaired) electrons. The second-order valence-electron chi connectivity index (χ2n) is 12.1. The number of hydrogen-bond donors (Lipinski definition) is 1. The molecule has 41 heavy (non-hydrogen) atoms. The van der Waals surface area contributed by atoms with Crippen LogP contribution in [-0.2, 0) is 21.9 Å². The van der Waals surface area contributed by atoms with Gasteiger partial charge in [-0.15, -0.1) is 0 Å². The number of hydrogen-bond acceptors (Lipinski definition) is 6. The molecule has 1 aliphatic heterocycles. The minimum Gasteiger partial charge on any atom is -0.491 e. The fraction of sp³-hybridized carbons (Fsp3) is 0.333. The third-order valence-corrected chi connectivity index (χ3v) is 8.92. The van der Waals surface area contributed by atoms with Gasteiger partial charge in [-0.3, -0.25) is 0 Å². The first kappa shape index (κ1) is 27.3. The van der Waals surface area contributed by atoms with E-state index in [-0.39, 0.29) is 29.0 Å². The van der Waals surface area contributed by atoms with Crippen molar-refractivity contribution >= 4 is 16.0 Å². The first-order valence-corrected chi connectivity index (χ1v) is 15.5. The van der Waals surface area contributed by atoms with Crippen molar-refractivity contribution in [2.45, 2.75) is 75.9 Å². The Kier molecular flexibility index (Phi) is 6.77. The van der Waals surface area contributed by atoms with Crippen LogP contribution in [0.25, 0.3) is 11.3 Å². The number of nitrogens with one attached hydrogen (secondary N) is 1. The van der Waals surface area contributed by atoms with Gasteiger partial charge < -0.3 is 9.47 Å². The molecule has 8 heteroatoms. The quantitative estimate of drug-likeness (QED) is 0.281. The highest BCUT2D eigenvalue weighted by atomic mass is 32.2. The largest absolute Gasteiger partial charge is 0.491 e. The molecule has 4 aromatic rings. The fourth-order valence-electron chi connectivity index (χ4n) is 5.83. The molecule has 2 heterocycles. The zero-order valence-electron chi connectivity index (χ0n) is 24.0. The van der Waals surface area contributed by atoms with E-state index in [1.54, 1.807) is 18.2 Å². The van der Waals surface area contributed by atoms with E-state index in [1.807, 2.05) is 56.3 Å². The minimum atomic E-state index is -3.96. The van der Waals surface area contributed by atoms with Gasteiger partial charge in [0.15, 0.2) is 0 Å². The molecule has 1 N–H and O–H groups in total. The van der Waals surface area contributed by atoms with Gasteiger partial charge in [0.05, 0.1) is 16.7 Å². The molecule has 1 aromatic heterocycles. The Balaban J connectivity index is 1.61.